The Hall–Kier alpha value is -0.530. The van der Waals surface area contributed by atoms with Crippen LogP contribution in [0.2, 0.25) is 0 Å². The molecule has 0 aromatic carbocycles. The number of esters is 1. The average molecular weight is 268 g/mol. The molecule has 1 atom stereocenters. The molecule has 1 rings (SSSR count). The minimum absolute atomic E-state index is 0.0413. The summed E-state index contributed by atoms with van der Waals surface area (Å²) in [5.41, 5.74) is 0. The molecular formula is C17H32O2. The molecule has 0 heterocycles. The maximum absolute atomic E-state index is 11.9. The molecule has 112 valence electrons. The molecule has 0 saturated heterocycles. The number of unbranched alkanes of at least 4 members (excludes halogenated alkanes) is 1. The average Bonchev–Trinajstić information content (AvgIpc) is 2.45. The third kappa shape index (κ3) is 6.98. The maximum atomic E-state index is 11.9. The summed E-state index contributed by atoms with van der Waals surface area (Å²) >= 11 is 0. The molecule has 0 radical (unpaired) electrons. The second-order valence-corrected chi connectivity index (χ2v) is 6.06. The van der Waals surface area contributed by atoms with Crippen LogP contribution in [0.4, 0.5) is 0 Å². The fourth-order valence-corrected chi connectivity index (χ4v) is 3.08. The standard InChI is InChI=1S/C17H32O2/c1-3-5-13-16(4-2)17(18)19-14-9-12-15-10-7-6-8-11-15/h15-16H,3-14H2,1-2H3. The van der Waals surface area contributed by atoms with E-state index in [0.717, 1.165) is 38.0 Å². The Morgan fingerprint density at radius 1 is 1.16 bits per heavy atom. The van der Waals surface area contributed by atoms with Gasteiger partial charge in [-0.2, -0.15) is 0 Å². The summed E-state index contributed by atoms with van der Waals surface area (Å²) < 4.78 is 5.44. The molecule has 0 aromatic rings. The van der Waals surface area contributed by atoms with Gasteiger partial charge in [-0.15, -0.1) is 0 Å². The van der Waals surface area contributed by atoms with E-state index in [-0.39, 0.29) is 11.9 Å². The van der Waals surface area contributed by atoms with Gasteiger partial charge >= 0.3 is 5.97 Å². The third-order valence-electron chi connectivity index (χ3n) is 4.46. The first kappa shape index (κ1) is 16.5. The Morgan fingerprint density at radius 3 is 2.53 bits per heavy atom. The van der Waals surface area contributed by atoms with E-state index >= 15 is 0 Å². The Labute approximate surface area is 119 Å². The second-order valence-electron chi connectivity index (χ2n) is 6.06. The van der Waals surface area contributed by atoms with Crippen molar-refractivity contribution in [1.82, 2.24) is 0 Å². The van der Waals surface area contributed by atoms with Crippen LogP contribution in [0.3, 0.4) is 0 Å². The lowest BCUT2D eigenvalue weighted by Crippen LogP contribution is -2.18. The van der Waals surface area contributed by atoms with Crippen LogP contribution >= 0.6 is 0 Å². The molecular weight excluding hydrogens is 236 g/mol. The molecule has 1 aliphatic carbocycles. The first-order chi connectivity index (χ1) is 9.27. The summed E-state index contributed by atoms with van der Waals surface area (Å²) in [5.74, 6) is 1.07. The summed E-state index contributed by atoms with van der Waals surface area (Å²) in [7, 11) is 0. The molecule has 0 spiro atoms. The lowest BCUT2D eigenvalue weighted by Gasteiger charge is -2.21. The van der Waals surface area contributed by atoms with Crippen LogP contribution in [0.5, 0.6) is 0 Å². The van der Waals surface area contributed by atoms with E-state index in [1.165, 1.54) is 38.5 Å². The van der Waals surface area contributed by atoms with E-state index in [1.807, 2.05) is 0 Å². The maximum Gasteiger partial charge on any atom is 0.308 e. The molecule has 0 N–H and O–H groups in total. The molecule has 1 fully saturated rings. The molecule has 2 heteroatoms. The van der Waals surface area contributed by atoms with Crippen molar-refractivity contribution in [2.45, 2.75) is 84.5 Å². The zero-order valence-electron chi connectivity index (χ0n) is 13.0. The minimum Gasteiger partial charge on any atom is -0.465 e. The Balaban J connectivity index is 2.07. The van der Waals surface area contributed by atoms with Gasteiger partial charge in [0.1, 0.15) is 0 Å². The molecule has 19 heavy (non-hydrogen) atoms. The van der Waals surface area contributed by atoms with Crippen molar-refractivity contribution in [3.05, 3.63) is 0 Å². The van der Waals surface area contributed by atoms with Crippen molar-refractivity contribution in [1.29, 1.82) is 0 Å². The van der Waals surface area contributed by atoms with Crippen molar-refractivity contribution in [3.63, 3.8) is 0 Å². The van der Waals surface area contributed by atoms with Crippen LogP contribution < -0.4 is 0 Å². The Kier molecular flexibility index (Phi) is 8.94. The Bertz CT molecular complexity index is 231. The quantitative estimate of drug-likeness (QED) is 0.429. The number of ether oxygens (including phenoxy) is 1. The number of hydrogen-bond acceptors (Lipinski definition) is 2. The summed E-state index contributed by atoms with van der Waals surface area (Å²) in [6.45, 7) is 4.89. The lowest BCUT2D eigenvalue weighted by atomic mass is 9.86. The third-order valence-corrected chi connectivity index (χ3v) is 4.46. The van der Waals surface area contributed by atoms with Gasteiger partial charge < -0.3 is 4.74 Å². The molecule has 0 bridgehead atoms. The predicted octanol–water partition coefficient (Wildman–Crippen LogP) is 5.11. The van der Waals surface area contributed by atoms with E-state index < -0.39 is 0 Å². The minimum atomic E-state index is 0.0413. The summed E-state index contributed by atoms with van der Waals surface area (Å²) in [6, 6.07) is 0. The van der Waals surface area contributed by atoms with Crippen molar-refractivity contribution in [2.75, 3.05) is 6.61 Å². The van der Waals surface area contributed by atoms with Crippen molar-refractivity contribution in [2.24, 2.45) is 11.8 Å². The topological polar surface area (TPSA) is 26.3 Å². The van der Waals surface area contributed by atoms with Crippen LogP contribution in [0.25, 0.3) is 0 Å². The van der Waals surface area contributed by atoms with E-state index in [1.54, 1.807) is 0 Å². The highest BCUT2D eigenvalue weighted by molar-refractivity contribution is 5.72. The summed E-state index contributed by atoms with van der Waals surface area (Å²) in [5, 5.41) is 0. The van der Waals surface area contributed by atoms with Gasteiger partial charge in [-0.25, -0.2) is 0 Å². The molecule has 0 aliphatic heterocycles. The molecule has 1 aliphatic rings. The lowest BCUT2D eigenvalue weighted by molar-refractivity contribution is -0.149. The normalized spacial score (nSPS) is 18.2. The fraction of sp³-hybridized carbons (Fsp3) is 0.941. The fourth-order valence-electron chi connectivity index (χ4n) is 3.08. The van der Waals surface area contributed by atoms with Crippen LogP contribution in [0.1, 0.15) is 84.5 Å². The van der Waals surface area contributed by atoms with Crippen molar-refractivity contribution >= 4 is 5.97 Å². The number of rotatable bonds is 9. The summed E-state index contributed by atoms with van der Waals surface area (Å²) in [6.07, 6.45) is 13.5. The van der Waals surface area contributed by atoms with Crippen LogP contribution in [-0.2, 0) is 9.53 Å². The van der Waals surface area contributed by atoms with Gasteiger partial charge in [0.15, 0.2) is 0 Å². The van der Waals surface area contributed by atoms with E-state index in [4.69, 9.17) is 4.74 Å². The highest BCUT2D eigenvalue weighted by atomic mass is 16.5. The number of carbonyl (C=O) groups is 1. The molecule has 2 nitrogen and oxygen atoms in total. The molecule has 0 aromatic heterocycles. The van der Waals surface area contributed by atoms with Gasteiger partial charge in [-0.3, -0.25) is 4.79 Å². The zero-order valence-corrected chi connectivity index (χ0v) is 13.0. The van der Waals surface area contributed by atoms with Gasteiger partial charge in [0.05, 0.1) is 12.5 Å². The van der Waals surface area contributed by atoms with Gasteiger partial charge in [-0.1, -0.05) is 58.8 Å². The highest BCUT2D eigenvalue weighted by Gasteiger charge is 2.17. The predicted molar refractivity (Wildman–Crippen MR) is 80.1 cm³/mol. The van der Waals surface area contributed by atoms with Gasteiger partial charge in [0.2, 0.25) is 0 Å². The van der Waals surface area contributed by atoms with E-state index in [0.29, 0.717) is 6.61 Å². The molecule has 0 amide bonds. The molecule has 1 unspecified atom stereocenters. The van der Waals surface area contributed by atoms with Crippen molar-refractivity contribution < 1.29 is 9.53 Å². The number of carbonyl (C=O) groups excluding carboxylic acids is 1. The highest BCUT2D eigenvalue weighted by Crippen LogP contribution is 2.27. The first-order valence-electron chi connectivity index (χ1n) is 8.44. The zero-order chi connectivity index (χ0) is 13.9. The molecule has 1 saturated carbocycles. The van der Waals surface area contributed by atoms with E-state index in [9.17, 15) is 4.79 Å². The van der Waals surface area contributed by atoms with Crippen LogP contribution in [0, 0.1) is 11.8 Å². The van der Waals surface area contributed by atoms with Gasteiger partial charge in [0, 0.05) is 0 Å². The number of hydrogen-bond donors (Lipinski definition) is 0. The van der Waals surface area contributed by atoms with E-state index in [2.05, 4.69) is 13.8 Å². The van der Waals surface area contributed by atoms with Gasteiger partial charge in [0.25, 0.3) is 0 Å². The van der Waals surface area contributed by atoms with Crippen LogP contribution in [-0.4, -0.2) is 12.6 Å². The smallest absolute Gasteiger partial charge is 0.308 e. The first-order valence-corrected chi connectivity index (χ1v) is 8.44. The van der Waals surface area contributed by atoms with Crippen molar-refractivity contribution in [3.8, 4) is 0 Å². The SMILES string of the molecule is CCCCC(CC)C(=O)OCCCC1CCCCC1. The largest absolute Gasteiger partial charge is 0.465 e. The van der Waals surface area contributed by atoms with Gasteiger partial charge in [-0.05, 0) is 31.6 Å². The Morgan fingerprint density at radius 2 is 1.89 bits per heavy atom. The summed E-state index contributed by atoms with van der Waals surface area (Å²) in [4.78, 5) is 11.9. The van der Waals surface area contributed by atoms with Crippen LogP contribution in [0.15, 0.2) is 0 Å². The second kappa shape index (κ2) is 10.3. The monoisotopic (exact) mass is 268 g/mol.